The van der Waals surface area contributed by atoms with Crippen LogP contribution in [0.5, 0.6) is 0 Å². The Morgan fingerprint density at radius 2 is 1.48 bits per heavy atom. The average molecular weight is 462 g/mol. The number of aliphatic hydroxyl groups excluding tert-OH is 1. The number of unbranched alkanes of at least 4 members (excludes halogenated alkanes) is 6. The molecule has 0 radical (unpaired) electrons. The first-order valence-electron chi connectivity index (χ1n) is 9.70. The molecule has 0 saturated carbocycles. The zero-order chi connectivity index (χ0) is 17.6. The van der Waals surface area contributed by atoms with Gasteiger partial charge in [0.05, 0.1) is 6.10 Å². The van der Waals surface area contributed by atoms with Gasteiger partial charge in [-0.3, -0.25) is 0 Å². The molecule has 146 valence electrons. The van der Waals surface area contributed by atoms with Gasteiger partial charge in [0.25, 0.3) is 0 Å². The van der Waals surface area contributed by atoms with Crippen LogP contribution in [-0.4, -0.2) is 42.8 Å². The zero-order valence-corrected chi connectivity index (χ0v) is 18.5. The van der Waals surface area contributed by atoms with Gasteiger partial charge in [0, 0.05) is 12.6 Å². The van der Waals surface area contributed by atoms with Crippen LogP contribution in [0.3, 0.4) is 0 Å². The van der Waals surface area contributed by atoms with Gasteiger partial charge in [-0.15, -0.1) is 24.0 Å². The van der Waals surface area contributed by atoms with Crippen LogP contribution in [0.2, 0.25) is 0 Å². The molecule has 0 heterocycles. The minimum atomic E-state index is -0.292. The molecule has 1 rings (SSSR count). The molecule has 0 amide bonds. The third kappa shape index (κ3) is 14.7. The lowest BCUT2D eigenvalue weighted by molar-refractivity contribution is 0.119. The van der Waals surface area contributed by atoms with Crippen molar-refractivity contribution in [3.63, 3.8) is 0 Å². The van der Waals surface area contributed by atoms with Crippen molar-refractivity contribution in [2.24, 2.45) is 5.73 Å². The summed E-state index contributed by atoms with van der Waals surface area (Å²) in [6.07, 6.45) is 11.8. The van der Waals surface area contributed by atoms with E-state index in [1.54, 1.807) is 0 Å². The maximum Gasteiger partial charge on any atom is 0.0681 e. The summed E-state index contributed by atoms with van der Waals surface area (Å²) >= 11 is 0. The van der Waals surface area contributed by atoms with Crippen molar-refractivity contribution < 1.29 is 5.11 Å². The molecule has 0 fully saturated rings. The molecule has 0 bridgehead atoms. The van der Waals surface area contributed by atoms with Crippen molar-refractivity contribution >= 4 is 24.0 Å². The lowest BCUT2D eigenvalue weighted by Gasteiger charge is -2.19. The van der Waals surface area contributed by atoms with E-state index in [0.717, 1.165) is 12.8 Å². The molecular formula is C21H39IN2O. The third-order valence-corrected chi connectivity index (χ3v) is 4.53. The monoisotopic (exact) mass is 462 g/mol. The summed E-state index contributed by atoms with van der Waals surface area (Å²) in [5, 5.41) is 9.87. The molecule has 2 unspecified atom stereocenters. The Morgan fingerprint density at radius 1 is 0.920 bits per heavy atom. The van der Waals surface area contributed by atoms with Gasteiger partial charge in [-0.05, 0) is 45.3 Å². The highest BCUT2D eigenvalue weighted by molar-refractivity contribution is 14.0. The van der Waals surface area contributed by atoms with Crippen molar-refractivity contribution in [1.82, 2.24) is 4.90 Å². The number of aryl methyl sites for hydroxylation is 1. The van der Waals surface area contributed by atoms with E-state index in [2.05, 4.69) is 30.3 Å². The number of nitrogens with two attached hydrogens (primary N) is 1. The molecule has 3 N–H and O–H groups in total. The van der Waals surface area contributed by atoms with Crippen LogP contribution in [0.15, 0.2) is 30.3 Å². The quantitative estimate of drug-likeness (QED) is 0.314. The van der Waals surface area contributed by atoms with Crippen LogP contribution < -0.4 is 5.73 Å². The molecule has 0 aliphatic heterocycles. The van der Waals surface area contributed by atoms with Gasteiger partial charge < -0.3 is 15.7 Å². The predicted molar refractivity (Wildman–Crippen MR) is 120 cm³/mol. The Balaban J connectivity index is 0.00000576. The van der Waals surface area contributed by atoms with E-state index in [-0.39, 0.29) is 36.1 Å². The second-order valence-corrected chi connectivity index (χ2v) is 7.41. The lowest BCUT2D eigenvalue weighted by atomic mass is 10.0. The van der Waals surface area contributed by atoms with Gasteiger partial charge in [0.2, 0.25) is 0 Å². The first-order valence-corrected chi connectivity index (χ1v) is 9.70. The molecule has 4 heteroatoms. The molecule has 3 nitrogen and oxygen atoms in total. The van der Waals surface area contributed by atoms with Crippen molar-refractivity contribution in [2.75, 3.05) is 20.6 Å². The van der Waals surface area contributed by atoms with Crippen molar-refractivity contribution in [2.45, 2.75) is 76.4 Å². The molecule has 0 aromatic heterocycles. The summed E-state index contributed by atoms with van der Waals surface area (Å²) in [5.74, 6) is 0. The van der Waals surface area contributed by atoms with Crippen molar-refractivity contribution in [1.29, 1.82) is 0 Å². The SMILES string of the molecule is CN(C)CC(O)CC(N)CCCCCCCCCc1ccccc1.I. The fourth-order valence-electron chi connectivity index (χ4n) is 3.23. The first kappa shape index (κ1) is 24.8. The minimum absolute atomic E-state index is 0. The Labute approximate surface area is 172 Å². The number of hydrogen-bond acceptors (Lipinski definition) is 3. The molecule has 1 aromatic rings. The number of aliphatic hydroxyl groups is 1. The molecule has 2 atom stereocenters. The molecular weight excluding hydrogens is 423 g/mol. The summed E-state index contributed by atoms with van der Waals surface area (Å²) in [5.41, 5.74) is 7.57. The fraction of sp³-hybridized carbons (Fsp3) is 0.714. The van der Waals surface area contributed by atoms with Crippen LogP contribution >= 0.6 is 24.0 Å². The van der Waals surface area contributed by atoms with Crippen molar-refractivity contribution in [3.8, 4) is 0 Å². The lowest BCUT2D eigenvalue weighted by Crippen LogP contribution is -2.32. The third-order valence-electron chi connectivity index (χ3n) is 4.53. The summed E-state index contributed by atoms with van der Waals surface area (Å²) in [7, 11) is 3.96. The van der Waals surface area contributed by atoms with Gasteiger partial charge in [-0.1, -0.05) is 68.9 Å². The van der Waals surface area contributed by atoms with Gasteiger partial charge in [-0.25, -0.2) is 0 Å². The Morgan fingerprint density at radius 3 is 2.08 bits per heavy atom. The highest BCUT2D eigenvalue weighted by atomic mass is 127. The Bertz CT molecular complexity index is 400. The second kappa shape index (κ2) is 16.0. The number of hydrogen-bond donors (Lipinski definition) is 2. The first-order chi connectivity index (χ1) is 11.6. The van der Waals surface area contributed by atoms with E-state index in [9.17, 15) is 5.11 Å². The van der Waals surface area contributed by atoms with Crippen LogP contribution in [0, 0.1) is 0 Å². The number of rotatable bonds is 14. The highest BCUT2D eigenvalue weighted by Gasteiger charge is 2.11. The van der Waals surface area contributed by atoms with Crippen LogP contribution in [0.1, 0.15) is 63.4 Å². The smallest absolute Gasteiger partial charge is 0.0681 e. The molecule has 0 spiro atoms. The van der Waals surface area contributed by atoms with E-state index in [1.807, 2.05) is 19.0 Å². The maximum absolute atomic E-state index is 9.87. The highest BCUT2D eigenvalue weighted by Crippen LogP contribution is 2.13. The summed E-state index contributed by atoms with van der Waals surface area (Å²) in [4.78, 5) is 2.01. The summed E-state index contributed by atoms with van der Waals surface area (Å²) in [6, 6.07) is 10.9. The Kier molecular flexibility index (Phi) is 15.9. The average Bonchev–Trinajstić information content (AvgIpc) is 2.53. The normalized spacial score (nSPS) is 13.5. The number of benzene rings is 1. The van der Waals surface area contributed by atoms with Crippen LogP contribution in [-0.2, 0) is 6.42 Å². The minimum Gasteiger partial charge on any atom is -0.392 e. The van der Waals surface area contributed by atoms with Crippen LogP contribution in [0.25, 0.3) is 0 Å². The van der Waals surface area contributed by atoms with Gasteiger partial charge in [-0.2, -0.15) is 0 Å². The molecule has 0 aliphatic carbocycles. The predicted octanol–water partition coefficient (Wildman–Crippen LogP) is 4.61. The summed E-state index contributed by atoms with van der Waals surface area (Å²) in [6.45, 7) is 0.705. The van der Waals surface area contributed by atoms with E-state index < -0.39 is 0 Å². The molecule has 0 aliphatic rings. The number of nitrogens with zero attached hydrogens (tertiary/aromatic N) is 1. The standard InChI is InChI=1S/C21H38N2O.HI/c1-23(2)18-21(24)17-20(22)16-12-7-5-3-4-6-9-13-19-14-10-8-11-15-19;/h8,10-11,14-15,20-21,24H,3-7,9,12-13,16-18,22H2,1-2H3;1H. The van der Waals surface area contributed by atoms with Gasteiger partial charge >= 0.3 is 0 Å². The second-order valence-electron chi connectivity index (χ2n) is 7.41. The van der Waals surface area contributed by atoms with E-state index in [0.29, 0.717) is 6.54 Å². The van der Waals surface area contributed by atoms with Crippen molar-refractivity contribution in [3.05, 3.63) is 35.9 Å². The molecule has 25 heavy (non-hydrogen) atoms. The molecule has 0 saturated heterocycles. The largest absolute Gasteiger partial charge is 0.392 e. The van der Waals surface area contributed by atoms with Gasteiger partial charge in [0.15, 0.2) is 0 Å². The molecule has 1 aromatic carbocycles. The zero-order valence-electron chi connectivity index (χ0n) is 16.2. The Hall–Kier alpha value is -0.170. The van der Waals surface area contributed by atoms with Crippen LogP contribution in [0.4, 0.5) is 0 Å². The van der Waals surface area contributed by atoms with Gasteiger partial charge in [0.1, 0.15) is 0 Å². The van der Waals surface area contributed by atoms with E-state index >= 15 is 0 Å². The van der Waals surface area contributed by atoms with E-state index in [4.69, 9.17) is 5.73 Å². The number of likely N-dealkylation sites (N-methyl/N-ethyl adjacent to an activating group) is 1. The topological polar surface area (TPSA) is 49.5 Å². The maximum atomic E-state index is 9.87. The summed E-state index contributed by atoms with van der Waals surface area (Å²) < 4.78 is 0. The fourth-order valence-corrected chi connectivity index (χ4v) is 3.23. The number of halogens is 1. The van der Waals surface area contributed by atoms with E-state index in [1.165, 1.54) is 56.9 Å².